The number of halogens is 1. The molecule has 80 valence electrons. The Labute approximate surface area is 98.2 Å². The SMILES string of the molecule is Cc1nnsc1C(O)c1c(Br)nnn1C. The van der Waals surface area contributed by atoms with Gasteiger partial charge in [0.25, 0.3) is 0 Å². The van der Waals surface area contributed by atoms with Gasteiger partial charge in [-0.1, -0.05) is 9.70 Å². The van der Waals surface area contributed by atoms with Gasteiger partial charge in [0, 0.05) is 7.05 Å². The molecule has 0 aliphatic rings. The highest BCUT2D eigenvalue weighted by Gasteiger charge is 2.23. The van der Waals surface area contributed by atoms with Crippen molar-refractivity contribution in [3.63, 3.8) is 0 Å². The first-order valence-electron chi connectivity index (χ1n) is 4.13. The third-order valence-electron chi connectivity index (χ3n) is 2.02. The second-order valence-corrected chi connectivity index (χ2v) is 4.55. The number of hydrogen-bond donors (Lipinski definition) is 1. The van der Waals surface area contributed by atoms with E-state index in [9.17, 15) is 5.11 Å². The van der Waals surface area contributed by atoms with Gasteiger partial charge in [-0.15, -0.1) is 10.2 Å². The summed E-state index contributed by atoms with van der Waals surface area (Å²) >= 11 is 4.41. The molecule has 2 aromatic heterocycles. The molecule has 0 fully saturated rings. The van der Waals surface area contributed by atoms with Crippen LogP contribution < -0.4 is 0 Å². The van der Waals surface area contributed by atoms with Crippen molar-refractivity contribution in [2.24, 2.45) is 7.05 Å². The maximum Gasteiger partial charge on any atom is 0.154 e. The number of aromatic nitrogens is 5. The molecule has 8 heteroatoms. The maximum atomic E-state index is 10.1. The van der Waals surface area contributed by atoms with Crippen LogP contribution in [0.15, 0.2) is 4.60 Å². The molecule has 1 N–H and O–H groups in total. The molecule has 6 nitrogen and oxygen atoms in total. The van der Waals surface area contributed by atoms with Crippen molar-refractivity contribution in [2.75, 3.05) is 0 Å². The molecule has 2 rings (SSSR count). The normalized spacial score (nSPS) is 13.1. The van der Waals surface area contributed by atoms with E-state index < -0.39 is 6.10 Å². The van der Waals surface area contributed by atoms with Crippen LogP contribution in [0.5, 0.6) is 0 Å². The lowest BCUT2D eigenvalue weighted by molar-refractivity contribution is 0.212. The molecule has 2 aromatic rings. The Morgan fingerprint density at radius 3 is 2.67 bits per heavy atom. The van der Waals surface area contributed by atoms with Gasteiger partial charge in [-0.3, -0.25) is 0 Å². The highest BCUT2D eigenvalue weighted by atomic mass is 79.9. The smallest absolute Gasteiger partial charge is 0.154 e. The van der Waals surface area contributed by atoms with E-state index in [0.29, 0.717) is 15.2 Å². The van der Waals surface area contributed by atoms with E-state index in [1.54, 1.807) is 14.0 Å². The molecule has 0 saturated heterocycles. The molecule has 0 aliphatic carbocycles. The van der Waals surface area contributed by atoms with Gasteiger partial charge in [-0.05, 0) is 34.4 Å². The number of rotatable bonds is 2. The van der Waals surface area contributed by atoms with E-state index in [2.05, 4.69) is 35.8 Å². The van der Waals surface area contributed by atoms with E-state index in [-0.39, 0.29) is 0 Å². The minimum Gasteiger partial charge on any atom is -0.381 e. The van der Waals surface area contributed by atoms with Crippen LogP contribution >= 0.6 is 27.5 Å². The van der Waals surface area contributed by atoms with Crippen molar-refractivity contribution in [1.82, 2.24) is 24.6 Å². The van der Waals surface area contributed by atoms with Crippen molar-refractivity contribution in [3.05, 3.63) is 20.9 Å². The Bertz CT molecular complexity index is 462. The van der Waals surface area contributed by atoms with Gasteiger partial charge in [0.2, 0.25) is 0 Å². The molecule has 0 spiro atoms. The van der Waals surface area contributed by atoms with Crippen LogP contribution in [0.25, 0.3) is 0 Å². The lowest BCUT2D eigenvalue weighted by Gasteiger charge is -2.08. The molecule has 0 radical (unpaired) electrons. The highest BCUT2D eigenvalue weighted by Crippen LogP contribution is 2.29. The van der Waals surface area contributed by atoms with Gasteiger partial charge in [0.1, 0.15) is 11.8 Å². The van der Waals surface area contributed by atoms with Gasteiger partial charge in [0.15, 0.2) is 4.60 Å². The quantitative estimate of drug-likeness (QED) is 0.886. The molecular weight excluding hydrogens is 282 g/mol. The summed E-state index contributed by atoms with van der Waals surface area (Å²) in [6.45, 7) is 1.81. The minimum absolute atomic E-state index is 0.533. The van der Waals surface area contributed by atoms with E-state index in [0.717, 1.165) is 5.69 Å². The largest absolute Gasteiger partial charge is 0.381 e. The Morgan fingerprint density at radius 1 is 1.47 bits per heavy atom. The van der Waals surface area contributed by atoms with Gasteiger partial charge in [-0.2, -0.15) is 0 Å². The topological polar surface area (TPSA) is 76.7 Å². The monoisotopic (exact) mass is 289 g/mol. The van der Waals surface area contributed by atoms with Crippen LogP contribution in [0.4, 0.5) is 0 Å². The summed E-state index contributed by atoms with van der Waals surface area (Å²) in [6.07, 6.45) is -0.792. The van der Waals surface area contributed by atoms with Gasteiger partial charge in [-0.25, -0.2) is 4.68 Å². The van der Waals surface area contributed by atoms with Crippen molar-refractivity contribution < 1.29 is 5.11 Å². The van der Waals surface area contributed by atoms with Crippen LogP contribution in [0.1, 0.15) is 22.4 Å². The average Bonchev–Trinajstić information content (AvgIpc) is 2.73. The molecule has 0 amide bonds. The fourth-order valence-electron chi connectivity index (χ4n) is 1.24. The van der Waals surface area contributed by atoms with E-state index in [1.807, 2.05) is 0 Å². The minimum atomic E-state index is -0.792. The Hall–Kier alpha value is -0.860. The Balaban J connectivity index is 2.45. The predicted octanol–water partition coefficient (Wildman–Crippen LogP) is 0.819. The second-order valence-electron chi connectivity index (χ2n) is 3.01. The molecule has 0 saturated carbocycles. The molecule has 0 bridgehead atoms. The zero-order valence-corrected chi connectivity index (χ0v) is 10.4. The van der Waals surface area contributed by atoms with Crippen LogP contribution in [0, 0.1) is 6.92 Å². The average molecular weight is 290 g/mol. The van der Waals surface area contributed by atoms with Crippen molar-refractivity contribution in [2.45, 2.75) is 13.0 Å². The number of aliphatic hydroxyl groups is 1. The Kier molecular flexibility index (Phi) is 2.81. The van der Waals surface area contributed by atoms with E-state index in [1.165, 1.54) is 16.2 Å². The molecule has 15 heavy (non-hydrogen) atoms. The number of hydrogen-bond acceptors (Lipinski definition) is 6. The summed E-state index contributed by atoms with van der Waals surface area (Å²) < 4.78 is 5.83. The maximum absolute atomic E-state index is 10.1. The molecule has 0 aliphatic heterocycles. The molecule has 1 unspecified atom stereocenters. The molecule has 2 heterocycles. The van der Waals surface area contributed by atoms with Crippen LogP contribution in [0.3, 0.4) is 0 Å². The van der Waals surface area contributed by atoms with E-state index >= 15 is 0 Å². The number of nitrogens with zero attached hydrogens (tertiary/aromatic N) is 5. The zero-order chi connectivity index (χ0) is 11.0. The summed E-state index contributed by atoms with van der Waals surface area (Å²) in [5.74, 6) is 0. The van der Waals surface area contributed by atoms with Gasteiger partial charge < -0.3 is 5.11 Å². The van der Waals surface area contributed by atoms with Crippen molar-refractivity contribution >= 4 is 27.5 Å². The van der Waals surface area contributed by atoms with Crippen LogP contribution in [-0.2, 0) is 7.05 Å². The summed E-state index contributed by atoms with van der Waals surface area (Å²) in [7, 11) is 1.72. The standard InChI is InChI=1S/C7H8BrN5OS/c1-3-6(15-12-9-3)5(14)4-7(8)10-11-13(4)2/h5,14H,1-2H3. The molecule has 0 aromatic carbocycles. The number of aliphatic hydroxyl groups excluding tert-OH is 1. The third-order valence-corrected chi connectivity index (χ3v) is 3.46. The predicted molar refractivity (Wildman–Crippen MR) is 57.4 cm³/mol. The lowest BCUT2D eigenvalue weighted by Crippen LogP contribution is -2.07. The van der Waals surface area contributed by atoms with Gasteiger partial charge >= 0.3 is 0 Å². The number of aryl methyl sites for hydroxylation is 2. The molecular formula is C7H8BrN5OS. The van der Waals surface area contributed by atoms with Gasteiger partial charge in [0.05, 0.1) is 10.6 Å². The fraction of sp³-hybridized carbons (Fsp3) is 0.429. The summed E-state index contributed by atoms with van der Waals surface area (Å²) in [5.41, 5.74) is 1.32. The van der Waals surface area contributed by atoms with Crippen LogP contribution in [0.2, 0.25) is 0 Å². The first kappa shape index (κ1) is 10.7. The zero-order valence-electron chi connectivity index (χ0n) is 8.05. The summed E-state index contributed by atoms with van der Waals surface area (Å²) in [5, 5.41) is 21.6. The second kappa shape index (κ2) is 3.95. The van der Waals surface area contributed by atoms with Crippen molar-refractivity contribution in [3.8, 4) is 0 Å². The van der Waals surface area contributed by atoms with Crippen molar-refractivity contribution in [1.29, 1.82) is 0 Å². The highest BCUT2D eigenvalue weighted by molar-refractivity contribution is 9.10. The Morgan fingerprint density at radius 2 is 2.20 bits per heavy atom. The van der Waals surface area contributed by atoms with Crippen LogP contribution in [-0.4, -0.2) is 29.7 Å². The molecule has 1 atom stereocenters. The fourth-order valence-corrected chi connectivity index (χ4v) is 2.42. The lowest BCUT2D eigenvalue weighted by atomic mass is 10.2. The van der Waals surface area contributed by atoms with E-state index in [4.69, 9.17) is 0 Å². The third kappa shape index (κ3) is 1.80. The summed E-state index contributed by atoms with van der Waals surface area (Å²) in [4.78, 5) is 0.709. The first-order chi connectivity index (χ1) is 7.11. The summed E-state index contributed by atoms with van der Waals surface area (Å²) in [6, 6.07) is 0. The first-order valence-corrected chi connectivity index (χ1v) is 5.70.